The van der Waals surface area contributed by atoms with Crippen molar-refractivity contribution >= 4 is 0 Å². The lowest BCUT2D eigenvalue weighted by Gasteiger charge is -2.34. The fraction of sp³-hybridized carbons (Fsp3) is 0.667. The molecule has 0 radical (unpaired) electrons. The molecule has 0 spiro atoms. The van der Waals surface area contributed by atoms with Crippen LogP contribution in [0.1, 0.15) is 36.9 Å². The van der Waals surface area contributed by atoms with Crippen LogP contribution in [0.2, 0.25) is 0 Å². The molecule has 1 aliphatic carbocycles. The van der Waals surface area contributed by atoms with Crippen LogP contribution in [0, 0.1) is 0 Å². The molecule has 1 heterocycles. The SMILES string of the molecule is CCNC1c2ccccc2CC1N(C)CC1CCCN1C. The largest absolute Gasteiger partial charge is 0.309 e. The highest BCUT2D eigenvalue weighted by Crippen LogP contribution is 2.34. The van der Waals surface area contributed by atoms with Gasteiger partial charge >= 0.3 is 0 Å². The van der Waals surface area contributed by atoms with E-state index >= 15 is 0 Å². The van der Waals surface area contributed by atoms with Crippen LogP contribution >= 0.6 is 0 Å². The van der Waals surface area contributed by atoms with Crippen LogP contribution < -0.4 is 5.32 Å². The maximum atomic E-state index is 3.71. The van der Waals surface area contributed by atoms with E-state index in [0.717, 1.165) is 12.6 Å². The molecule has 21 heavy (non-hydrogen) atoms. The zero-order valence-corrected chi connectivity index (χ0v) is 13.7. The third-order valence-corrected chi connectivity index (χ3v) is 5.36. The fourth-order valence-corrected chi connectivity index (χ4v) is 4.13. The summed E-state index contributed by atoms with van der Waals surface area (Å²) in [6.07, 6.45) is 3.89. The summed E-state index contributed by atoms with van der Waals surface area (Å²) in [4.78, 5) is 5.13. The smallest absolute Gasteiger partial charge is 0.0483 e. The Labute approximate surface area is 129 Å². The van der Waals surface area contributed by atoms with Gasteiger partial charge in [-0.25, -0.2) is 0 Å². The van der Waals surface area contributed by atoms with Crippen LogP contribution in [-0.4, -0.2) is 55.6 Å². The van der Waals surface area contributed by atoms with Gasteiger partial charge in [0.15, 0.2) is 0 Å². The van der Waals surface area contributed by atoms with Crippen molar-refractivity contribution in [3.8, 4) is 0 Å². The molecule has 1 aliphatic heterocycles. The van der Waals surface area contributed by atoms with Gasteiger partial charge in [-0.1, -0.05) is 31.2 Å². The first-order valence-electron chi connectivity index (χ1n) is 8.42. The molecule has 0 aromatic heterocycles. The zero-order valence-electron chi connectivity index (χ0n) is 13.7. The molecule has 0 amide bonds. The summed E-state index contributed by atoms with van der Waals surface area (Å²) in [5, 5.41) is 3.71. The van der Waals surface area contributed by atoms with Gasteiger partial charge in [-0.2, -0.15) is 0 Å². The molecular formula is C18H29N3. The van der Waals surface area contributed by atoms with Crippen LogP contribution in [0.5, 0.6) is 0 Å². The lowest BCUT2D eigenvalue weighted by molar-refractivity contribution is 0.156. The van der Waals surface area contributed by atoms with Gasteiger partial charge in [-0.15, -0.1) is 0 Å². The minimum absolute atomic E-state index is 0.489. The molecule has 1 N–H and O–H groups in total. The third kappa shape index (κ3) is 3.01. The molecule has 1 fully saturated rings. The standard InChI is InChI=1S/C18H29N3/c1-4-19-18-16-10-6-5-8-14(16)12-17(18)21(3)13-15-9-7-11-20(15)2/h5-6,8,10,15,17-19H,4,7,9,11-13H2,1-3H3. The first-order valence-corrected chi connectivity index (χ1v) is 8.42. The van der Waals surface area contributed by atoms with E-state index in [0.29, 0.717) is 12.1 Å². The van der Waals surface area contributed by atoms with Crippen molar-refractivity contribution in [1.29, 1.82) is 0 Å². The lowest BCUT2D eigenvalue weighted by atomic mass is 10.1. The third-order valence-electron chi connectivity index (χ3n) is 5.36. The quantitative estimate of drug-likeness (QED) is 0.896. The minimum Gasteiger partial charge on any atom is -0.309 e. The second-order valence-corrected chi connectivity index (χ2v) is 6.72. The normalized spacial score (nSPS) is 29.2. The molecule has 3 nitrogen and oxygen atoms in total. The number of likely N-dealkylation sites (tertiary alicyclic amines) is 1. The number of nitrogens with zero attached hydrogens (tertiary/aromatic N) is 2. The molecule has 0 saturated carbocycles. The van der Waals surface area contributed by atoms with Crippen LogP contribution in [0.25, 0.3) is 0 Å². The Hall–Kier alpha value is -0.900. The Balaban J connectivity index is 1.72. The molecule has 3 heteroatoms. The van der Waals surface area contributed by atoms with Crippen molar-refractivity contribution < 1.29 is 0 Å². The first-order chi connectivity index (χ1) is 10.2. The summed E-state index contributed by atoms with van der Waals surface area (Å²) in [6, 6.07) is 10.8. The molecule has 2 aliphatic rings. The number of hydrogen-bond donors (Lipinski definition) is 1. The highest BCUT2D eigenvalue weighted by Gasteiger charge is 2.35. The van der Waals surface area contributed by atoms with Crippen LogP contribution in [-0.2, 0) is 6.42 Å². The number of likely N-dealkylation sites (N-methyl/N-ethyl adjacent to an activating group) is 3. The van der Waals surface area contributed by atoms with E-state index in [1.54, 1.807) is 0 Å². The monoisotopic (exact) mass is 287 g/mol. The van der Waals surface area contributed by atoms with E-state index in [1.165, 1.54) is 43.5 Å². The Bertz CT molecular complexity index is 473. The van der Waals surface area contributed by atoms with Crippen LogP contribution in [0.15, 0.2) is 24.3 Å². The van der Waals surface area contributed by atoms with E-state index in [2.05, 4.69) is 60.4 Å². The van der Waals surface area contributed by atoms with E-state index in [-0.39, 0.29) is 0 Å². The molecule has 3 rings (SSSR count). The summed E-state index contributed by atoms with van der Waals surface area (Å²) in [7, 11) is 4.59. The van der Waals surface area contributed by atoms with E-state index < -0.39 is 0 Å². The summed E-state index contributed by atoms with van der Waals surface area (Å²) in [6.45, 7) is 5.70. The van der Waals surface area contributed by atoms with Gasteiger partial charge in [-0.05, 0) is 57.6 Å². The topological polar surface area (TPSA) is 18.5 Å². The molecule has 3 unspecified atom stereocenters. The van der Waals surface area contributed by atoms with Crippen molar-refractivity contribution in [3.05, 3.63) is 35.4 Å². The zero-order chi connectivity index (χ0) is 14.8. The average Bonchev–Trinajstić information content (AvgIpc) is 3.04. The Morgan fingerprint density at radius 3 is 2.86 bits per heavy atom. The number of nitrogens with one attached hydrogen (secondary N) is 1. The molecule has 1 aromatic rings. The van der Waals surface area contributed by atoms with Gasteiger partial charge in [0.25, 0.3) is 0 Å². The maximum Gasteiger partial charge on any atom is 0.0483 e. The van der Waals surface area contributed by atoms with Crippen molar-refractivity contribution in [1.82, 2.24) is 15.1 Å². The highest BCUT2D eigenvalue weighted by molar-refractivity contribution is 5.37. The second-order valence-electron chi connectivity index (χ2n) is 6.72. The minimum atomic E-state index is 0.489. The van der Waals surface area contributed by atoms with E-state index in [4.69, 9.17) is 0 Å². The number of benzene rings is 1. The summed E-state index contributed by atoms with van der Waals surface area (Å²) < 4.78 is 0. The number of hydrogen-bond acceptors (Lipinski definition) is 3. The lowest BCUT2D eigenvalue weighted by Crippen LogP contribution is -2.46. The first kappa shape index (κ1) is 15.0. The Morgan fingerprint density at radius 2 is 2.14 bits per heavy atom. The van der Waals surface area contributed by atoms with Crippen LogP contribution in [0.3, 0.4) is 0 Å². The Kier molecular flexibility index (Phi) is 4.63. The van der Waals surface area contributed by atoms with E-state index in [9.17, 15) is 0 Å². The average molecular weight is 287 g/mol. The fourth-order valence-electron chi connectivity index (χ4n) is 4.13. The van der Waals surface area contributed by atoms with Crippen molar-refractivity contribution in [2.45, 2.75) is 44.3 Å². The molecule has 0 bridgehead atoms. The molecular weight excluding hydrogens is 258 g/mol. The summed E-state index contributed by atoms with van der Waals surface area (Å²) >= 11 is 0. The maximum absolute atomic E-state index is 3.71. The second kappa shape index (κ2) is 6.47. The van der Waals surface area contributed by atoms with Gasteiger partial charge in [0.1, 0.15) is 0 Å². The van der Waals surface area contributed by atoms with Gasteiger partial charge in [0.2, 0.25) is 0 Å². The summed E-state index contributed by atoms with van der Waals surface area (Å²) in [5.41, 5.74) is 3.04. The van der Waals surface area contributed by atoms with Gasteiger partial charge in [0, 0.05) is 24.7 Å². The number of fused-ring (bicyclic) bond motifs is 1. The molecule has 1 aromatic carbocycles. The summed E-state index contributed by atoms with van der Waals surface area (Å²) in [5.74, 6) is 0. The van der Waals surface area contributed by atoms with Crippen molar-refractivity contribution in [2.75, 3.05) is 33.7 Å². The van der Waals surface area contributed by atoms with Crippen molar-refractivity contribution in [2.24, 2.45) is 0 Å². The molecule has 3 atom stereocenters. The highest BCUT2D eigenvalue weighted by atomic mass is 15.2. The van der Waals surface area contributed by atoms with Crippen molar-refractivity contribution in [3.63, 3.8) is 0 Å². The van der Waals surface area contributed by atoms with Gasteiger partial charge in [0.05, 0.1) is 0 Å². The Morgan fingerprint density at radius 1 is 1.33 bits per heavy atom. The molecule has 1 saturated heterocycles. The van der Waals surface area contributed by atoms with E-state index in [1.807, 2.05) is 0 Å². The van der Waals surface area contributed by atoms with Gasteiger partial charge < -0.3 is 10.2 Å². The predicted octanol–water partition coefficient (Wildman–Crippen LogP) is 2.29. The number of rotatable bonds is 5. The van der Waals surface area contributed by atoms with Gasteiger partial charge in [-0.3, -0.25) is 4.90 Å². The van der Waals surface area contributed by atoms with Crippen LogP contribution in [0.4, 0.5) is 0 Å². The predicted molar refractivity (Wildman–Crippen MR) is 88.6 cm³/mol. The molecule has 116 valence electrons.